The standard InChI is InChI=1S/C29H27N7O/c1-35-12-14-36(15-13-35)26-10-9-24(17-23(26)18-30)33-29-32-19-22-6-3-7-25(28(22)34-29)21-5-2-4-20(16-21)8-11-27(31)37/h2-11,16-17,19H,12-15H2,1H3,(H2,31,37)(H,32,33,34). The second kappa shape index (κ2) is 10.5. The Morgan fingerprint density at radius 3 is 2.68 bits per heavy atom. The van der Waals surface area contributed by atoms with Gasteiger partial charge in [0, 0.05) is 55.1 Å². The van der Waals surface area contributed by atoms with Gasteiger partial charge < -0.3 is 20.9 Å². The Morgan fingerprint density at radius 1 is 1.08 bits per heavy atom. The zero-order chi connectivity index (χ0) is 25.8. The van der Waals surface area contributed by atoms with Gasteiger partial charge in [0.15, 0.2) is 0 Å². The van der Waals surface area contributed by atoms with Gasteiger partial charge in [0.05, 0.1) is 16.8 Å². The van der Waals surface area contributed by atoms with Crippen molar-refractivity contribution in [1.29, 1.82) is 5.26 Å². The van der Waals surface area contributed by atoms with Gasteiger partial charge in [-0.25, -0.2) is 9.97 Å². The third-order valence-corrected chi connectivity index (χ3v) is 6.47. The van der Waals surface area contributed by atoms with Crippen LogP contribution in [0, 0.1) is 11.3 Å². The van der Waals surface area contributed by atoms with Crippen molar-refractivity contribution in [2.24, 2.45) is 5.73 Å². The summed E-state index contributed by atoms with van der Waals surface area (Å²) in [7, 11) is 2.11. The molecule has 5 rings (SSSR count). The number of carbonyl (C=O) groups excluding carboxylic acids is 1. The van der Waals surface area contributed by atoms with E-state index in [4.69, 9.17) is 10.7 Å². The predicted molar refractivity (Wildman–Crippen MR) is 147 cm³/mol. The fraction of sp³-hybridized carbons (Fsp3) is 0.172. The Morgan fingerprint density at radius 2 is 1.89 bits per heavy atom. The third kappa shape index (κ3) is 5.42. The van der Waals surface area contributed by atoms with Crippen molar-refractivity contribution in [2.45, 2.75) is 0 Å². The van der Waals surface area contributed by atoms with E-state index >= 15 is 0 Å². The van der Waals surface area contributed by atoms with Crippen LogP contribution in [0.4, 0.5) is 17.3 Å². The number of nitrogens with one attached hydrogen (secondary N) is 1. The summed E-state index contributed by atoms with van der Waals surface area (Å²) in [5.41, 5.74) is 11.1. The monoisotopic (exact) mass is 489 g/mol. The number of fused-ring (bicyclic) bond motifs is 1. The van der Waals surface area contributed by atoms with Crippen molar-refractivity contribution in [1.82, 2.24) is 14.9 Å². The molecule has 1 aliphatic heterocycles. The number of aromatic nitrogens is 2. The van der Waals surface area contributed by atoms with E-state index in [-0.39, 0.29) is 0 Å². The van der Waals surface area contributed by atoms with Gasteiger partial charge in [0.1, 0.15) is 6.07 Å². The average molecular weight is 490 g/mol. The van der Waals surface area contributed by atoms with Crippen molar-refractivity contribution in [3.63, 3.8) is 0 Å². The third-order valence-electron chi connectivity index (χ3n) is 6.47. The first-order valence-corrected chi connectivity index (χ1v) is 12.1. The van der Waals surface area contributed by atoms with Crippen LogP contribution in [0.2, 0.25) is 0 Å². The van der Waals surface area contributed by atoms with Gasteiger partial charge in [0.25, 0.3) is 0 Å². The lowest BCUT2D eigenvalue weighted by Gasteiger charge is -2.34. The van der Waals surface area contributed by atoms with Gasteiger partial charge >= 0.3 is 0 Å². The summed E-state index contributed by atoms with van der Waals surface area (Å²) < 4.78 is 0. The highest BCUT2D eigenvalue weighted by atomic mass is 16.1. The summed E-state index contributed by atoms with van der Waals surface area (Å²) >= 11 is 0. The maximum Gasteiger partial charge on any atom is 0.241 e. The van der Waals surface area contributed by atoms with Crippen LogP contribution >= 0.6 is 0 Å². The maximum absolute atomic E-state index is 11.1. The fourth-order valence-corrected chi connectivity index (χ4v) is 4.49. The number of hydrogen-bond donors (Lipinski definition) is 2. The summed E-state index contributed by atoms with van der Waals surface area (Å²) in [5, 5.41) is 14.0. The van der Waals surface area contributed by atoms with E-state index in [9.17, 15) is 10.1 Å². The molecule has 4 aromatic rings. The molecule has 0 unspecified atom stereocenters. The first-order chi connectivity index (χ1) is 18.0. The molecule has 1 saturated heterocycles. The number of nitriles is 1. The maximum atomic E-state index is 11.1. The van der Waals surface area contributed by atoms with Gasteiger partial charge in [-0.15, -0.1) is 0 Å². The van der Waals surface area contributed by atoms with E-state index in [2.05, 4.69) is 33.2 Å². The normalized spacial score (nSPS) is 14.1. The van der Waals surface area contributed by atoms with E-state index in [0.29, 0.717) is 11.5 Å². The Kier molecular flexibility index (Phi) is 6.79. The molecule has 1 amide bonds. The number of likely N-dealkylation sites (N-methyl/N-ethyl adjacent to an activating group) is 1. The lowest BCUT2D eigenvalue weighted by atomic mass is 10.0. The van der Waals surface area contributed by atoms with Crippen LogP contribution in [0.15, 0.2) is 72.9 Å². The summed E-state index contributed by atoms with van der Waals surface area (Å²) in [6.07, 6.45) is 4.82. The molecule has 1 aromatic heterocycles. The topological polar surface area (TPSA) is 111 Å². The molecule has 1 fully saturated rings. The number of nitrogens with two attached hydrogens (primary N) is 1. The smallest absolute Gasteiger partial charge is 0.241 e. The van der Waals surface area contributed by atoms with Crippen molar-refractivity contribution in [2.75, 3.05) is 43.4 Å². The van der Waals surface area contributed by atoms with Gasteiger partial charge in [-0.2, -0.15) is 5.26 Å². The number of primary amides is 1. The van der Waals surface area contributed by atoms with Crippen LogP contribution in [-0.2, 0) is 4.79 Å². The Labute approximate surface area is 215 Å². The number of amides is 1. The van der Waals surface area contributed by atoms with E-state index in [1.165, 1.54) is 6.08 Å². The molecule has 0 atom stereocenters. The summed E-state index contributed by atoms with van der Waals surface area (Å²) in [6, 6.07) is 21.9. The van der Waals surface area contributed by atoms with E-state index < -0.39 is 5.91 Å². The molecular formula is C29H27N7O. The molecule has 0 saturated carbocycles. The Bertz CT molecular complexity index is 1530. The quantitative estimate of drug-likeness (QED) is 0.391. The highest BCUT2D eigenvalue weighted by Crippen LogP contribution is 2.30. The van der Waals surface area contributed by atoms with Gasteiger partial charge in [-0.3, -0.25) is 4.79 Å². The van der Waals surface area contributed by atoms with Crippen molar-refractivity contribution >= 4 is 40.2 Å². The van der Waals surface area contributed by atoms with Crippen LogP contribution < -0.4 is 16.0 Å². The van der Waals surface area contributed by atoms with Crippen LogP contribution in [0.5, 0.6) is 0 Å². The number of benzene rings is 3. The first-order valence-electron chi connectivity index (χ1n) is 12.1. The number of piperazine rings is 1. The van der Waals surface area contributed by atoms with Gasteiger partial charge in [-0.1, -0.05) is 36.4 Å². The molecule has 184 valence electrons. The molecule has 0 aliphatic carbocycles. The molecule has 8 nitrogen and oxygen atoms in total. The predicted octanol–water partition coefficient (Wildman–Crippen LogP) is 4.16. The van der Waals surface area contributed by atoms with Crippen molar-refractivity contribution < 1.29 is 4.79 Å². The number of carbonyl (C=O) groups is 1. The lowest BCUT2D eigenvalue weighted by molar-refractivity contribution is -0.113. The average Bonchev–Trinajstić information content (AvgIpc) is 2.92. The van der Waals surface area contributed by atoms with Crippen LogP contribution in [0.3, 0.4) is 0 Å². The molecule has 0 bridgehead atoms. The van der Waals surface area contributed by atoms with Crippen molar-refractivity contribution in [3.05, 3.63) is 84.1 Å². The molecule has 0 radical (unpaired) electrons. The van der Waals surface area contributed by atoms with Crippen LogP contribution in [0.1, 0.15) is 11.1 Å². The van der Waals surface area contributed by atoms with Crippen molar-refractivity contribution in [3.8, 4) is 17.2 Å². The first kappa shape index (κ1) is 24.0. The molecule has 8 heteroatoms. The second-order valence-corrected chi connectivity index (χ2v) is 9.06. The molecule has 1 aliphatic rings. The molecule has 3 aromatic carbocycles. The SMILES string of the molecule is CN1CCN(c2ccc(Nc3ncc4cccc(-c5cccc(C=CC(N)=O)c5)c4n3)cc2C#N)CC1. The molecule has 2 heterocycles. The molecule has 0 spiro atoms. The lowest BCUT2D eigenvalue weighted by Crippen LogP contribution is -2.44. The summed E-state index contributed by atoms with van der Waals surface area (Å²) in [4.78, 5) is 25.0. The minimum atomic E-state index is -0.491. The molecule has 37 heavy (non-hydrogen) atoms. The number of anilines is 3. The Hall–Kier alpha value is -4.74. The Balaban J connectivity index is 1.44. The van der Waals surface area contributed by atoms with Crippen LogP contribution in [0.25, 0.3) is 28.1 Å². The van der Waals surface area contributed by atoms with Gasteiger partial charge in [0.2, 0.25) is 11.9 Å². The minimum absolute atomic E-state index is 0.445. The second-order valence-electron chi connectivity index (χ2n) is 9.06. The number of nitrogens with zero attached hydrogens (tertiary/aromatic N) is 5. The highest BCUT2D eigenvalue weighted by Gasteiger charge is 2.17. The zero-order valence-corrected chi connectivity index (χ0v) is 20.6. The number of hydrogen-bond acceptors (Lipinski definition) is 7. The summed E-state index contributed by atoms with van der Waals surface area (Å²) in [6.45, 7) is 3.74. The number of para-hydroxylation sites is 1. The zero-order valence-electron chi connectivity index (χ0n) is 20.6. The number of rotatable bonds is 6. The van der Waals surface area contributed by atoms with E-state index in [0.717, 1.165) is 65.1 Å². The fourth-order valence-electron chi connectivity index (χ4n) is 4.49. The summed E-state index contributed by atoms with van der Waals surface area (Å²) in [5.74, 6) is -0.0453. The minimum Gasteiger partial charge on any atom is -0.368 e. The largest absolute Gasteiger partial charge is 0.368 e. The van der Waals surface area contributed by atoms with E-state index in [1.807, 2.05) is 60.7 Å². The molecular weight excluding hydrogens is 462 g/mol. The van der Waals surface area contributed by atoms with Gasteiger partial charge in [-0.05, 0) is 48.5 Å². The van der Waals surface area contributed by atoms with Crippen LogP contribution in [-0.4, -0.2) is 54.0 Å². The highest BCUT2D eigenvalue weighted by molar-refractivity contribution is 5.95. The molecule has 3 N–H and O–H groups in total. The van der Waals surface area contributed by atoms with E-state index in [1.54, 1.807) is 12.3 Å².